The van der Waals surface area contributed by atoms with Crippen LogP contribution in [0.3, 0.4) is 0 Å². The molecule has 0 amide bonds. The van der Waals surface area contributed by atoms with Crippen LogP contribution in [0.1, 0.15) is 17.7 Å². The van der Waals surface area contributed by atoms with Crippen molar-refractivity contribution >= 4 is 27.3 Å². The van der Waals surface area contributed by atoms with Gasteiger partial charge in [0, 0.05) is 47.5 Å². The van der Waals surface area contributed by atoms with Crippen LogP contribution in [0.2, 0.25) is 0 Å². The van der Waals surface area contributed by atoms with Gasteiger partial charge < -0.3 is 10.1 Å². The summed E-state index contributed by atoms with van der Waals surface area (Å²) in [7, 11) is 1.77. The van der Waals surface area contributed by atoms with E-state index in [-0.39, 0.29) is 0 Å². The van der Waals surface area contributed by atoms with Gasteiger partial charge in [-0.15, -0.1) is 11.3 Å². The van der Waals surface area contributed by atoms with E-state index in [4.69, 9.17) is 4.74 Å². The summed E-state index contributed by atoms with van der Waals surface area (Å²) in [5.41, 5.74) is 0. The van der Waals surface area contributed by atoms with E-state index in [9.17, 15) is 0 Å². The molecule has 1 aromatic rings. The summed E-state index contributed by atoms with van der Waals surface area (Å²) in [6.07, 6.45) is 2.62. The minimum absolute atomic E-state index is 0.658. The molecule has 0 aromatic carbocycles. The molecular formula is C13H21BrN2OS. The van der Waals surface area contributed by atoms with Gasteiger partial charge in [-0.3, -0.25) is 4.90 Å². The molecular weight excluding hydrogens is 312 g/mol. The van der Waals surface area contributed by atoms with E-state index in [2.05, 4.69) is 37.6 Å². The Morgan fingerprint density at radius 1 is 1.61 bits per heavy atom. The number of rotatable bonds is 7. The number of methoxy groups -OCH3 is 1. The van der Waals surface area contributed by atoms with E-state index in [0.29, 0.717) is 6.04 Å². The molecule has 1 atom stereocenters. The van der Waals surface area contributed by atoms with Gasteiger partial charge in [0.15, 0.2) is 0 Å². The lowest BCUT2D eigenvalue weighted by atomic mass is 10.2. The summed E-state index contributed by atoms with van der Waals surface area (Å²) in [4.78, 5) is 3.90. The van der Waals surface area contributed by atoms with Crippen molar-refractivity contribution in [3.63, 3.8) is 0 Å². The average molecular weight is 333 g/mol. The van der Waals surface area contributed by atoms with Gasteiger partial charge in [0.25, 0.3) is 0 Å². The van der Waals surface area contributed by atoms with Crippen LogP contribution < -0.4 is 5.32 Å². The fourth-order valence-corrected chi connectivity index (χ4v) is 3.83. The fourth-order valence-electron chi connectivity index (χ4n) is 2.34. The van der Waals surface area contributed by atoms with Gasteiger partial charge in [-0.1, -0.05) is 0 Å². The van der Waals surface area contributed by atoms with Gasteiger partial charge in [0.2, 0.25) is 0 Å². The molecule has 0 aliphatic carbocycles. The van der Waals surface area contributed by atoms with Gasteiger partial charge in [-0.25, -0.2) is 0 Å². The number of thiophene rings is 1. The first kappa shape index (κ1) is 14.5. The molecule has 18 heavy (non-hydrogen) atoms. The van der Waals surface area contributed by atoms with Crippen molar-refractivity contribution in [2.24, 2.45) is 0 Å². The number of nitrogens with zero attached hydrogens (tertiary/aromatic N) is 1. The molecule has 1 aromatic heterocycles. The maximum atomic E-state index is 5.21. The van der Waals surface area contributed by atoms with Crippen molar-refractivity contribution < 1.29 is 4.74 Å². The number of halogens is 1. The molecule has 0 spiro atoms. The third-order valence-electron chi connectivity index (χ3n) is 3.25. The highest BCUT2D eigenvalue weighted by Gasteiger charge is 2.18. The second-order valence-electron chi connectivity index (χ2n) is 4.75. The lowest BCUT2D eigenvalue weighted by molar-refractivity contribution is 0.139. The monoisotopic (exact) mass is 332 g/mol. The first-order valence-corrected chi connectivity index (χ1v) is 8.13. The van der Waals surface area contributed by atoms with Crippen molar-refractivity contribution in [3.05, 3.63) is 20.8 Å². The predicted molar refractivity (Wildman–Crippen MR) is 80.2 cm³/mol. The van der Waals surface area contributed by atoms with Gasteiger partial charge >= 0.3 is 0 Å². The normalized spacial score (nSPS) is 19.8. The van der Waals surface area contributed by atoms with E-state index < -0.39 is 0 Å². The third kappa shape index (κ3) is 4.63. The van der Waals surface area contributed by atoms with Gasteiger partial charge in [0.05, 0.1) is 6.61 Å². The van der Waals surface area contributed by atoms with Crippen LogP contribution in [0, 0.1) is 0 Å². The summed E-state index contributed by atoms with van der Waals surface area (Å²) in [5, 5.41) is 5.72. The zero-order chi connectivity index (χ0) is 12.8. The molecule has 0 bridgehead atoms. The maximum absolute atomic E-state index is 5.21. The van der Waals surface area contributed by atoms with Gasteiger partial charge in [-0.2, -0.15) is 0 Å². The summed E-state index contributed by atoms with van der Waals surface area (Å²) < 4.78 is 6.40. The summed E-state index contributed by atoms with van der Waals surface area (Å²) in [5.74, 6) is 0. The standard InChI is InChI=1S/C13H21BrN2OS/c1-17-6-5-16(8-12-3-2-4-15-12)9-13-7-11(14)10-18-13/h7,10,12,15H,2-6,8-9H2,1H3. The SMILES string of the molecule is COCCN(Cc1cc(Br)cs1)CC1CCCN1. The smallest absolute Gasteiger partial charge is 0.0589 e. The largest absolute Gasteiger partial charge is 0.383 e. The van der Waals surface area contributed by atoms with Crippen molar-refractivity contribution in [1.29, 1.82) is 0 Å². The second kappa shape index (κ2) is 7.60. The molecule has 1 N–H and O–H groups in total. The molecule has 2 heterocycles. The molecule has 0 radical (unpaired) electrons. The summed E-state index contributed by atoms with van der Waals surface area (Å²) >= 11 is 5.34. The molecule has 1 aliphatic rings. The van der Waals surface area contributed by atoms with Crippen molar-refractivity contribution in [3.8, 4) is 0 Å². The number of nitrogens with one attached hydrogen (secondary N) is 1. The van der Waals surface area contributed by atoms with E-state index in [1.807, 2.05) is 11.3 Å². The van der Waals surface area contributed by atoms with Crippen molar-refractivity contribution in [2.75, 3.05) is 33.4 Å². The quantitative estimate of drug-likeness (QED) is 0.830. The zero-order valence-electron chi connectivity index (χ0n) is 10.8. The summed E-state index contributed by atoms with van der Waals surface area (Å²) in [6, 6.07) is 2.87. The van der Waals surface area contributed by atoms with Crippen LogP contribution in [0.4, 0.5) is 0 Å². The Morgan fingerprint density at radius 3 is 3.11 bits per heavy atom. The molecule has 2 rings (SSSR count). The molecule has 1 unspecified atom stereocenters. The van der Waals surface area contributed by atoms with Crippen LogP contribution in [-0.4, -0.2) is 44.3 Å². The Morgan fingerprint density at radius 2 is 2.50 bits per heavy atom. The molecule has 1 aliphatic heterocycles. The third-order valence-corrected chi connectivity index (χ3v) is 4.94. The van der Waals surface area contributed by atoms with Gasteiger partial charge in [-0.05, 0) is 41.4 Å². The Hall–Kier alpha value is 0.0600. The highest BCUT2D eigenvalue weighted by atomic mass is 79.9. The highest BCUT2D eigenvalue weighted by molar-refractivity contribution is 9.10. The van der Waals surface area contributed by atoms with Crippen molar-refractivity contribution in [1.82, 2.24) is 10.2 Å². The van der Waals surface area contributed by atoms with Crippen LogP contribution in [0.25, 0.3) is 0 Å². The fraction of sp³-hybridized carbons (Fsp3) is 0.692. The van der Waals surface area contributed by atoms with Crippen LogP contribution in [0.15, 0.2) is 15.9 Å². The van der Waals surface area contributed by atoms with Crippen LogP contribution in [-0.2, 0) is 11.3 Å². The van der Waals surface area contributed by atoms with E-state index in [1.54, 1.807) is 7.11 Å². The van der Waals surface area contributed by atoms with E-state index in [0.717, 1.165) is 26.2 Å². The van der Waals surface area contributed by atoms with Crippen LogP contribution >= 0.6 is 27.3 Å². The molecule has 1 fully saturated rings. The highest BCUT2D eigenvalue weighted by Crippen LogP contribution is 2.21. The Bertz CT molecular complexity index is 353. The molecule has 0 saturated carbocycles. The first-order chi connectivity index (χ1) is 8.78. The Labute approximate surface area is 122 Å². The lowest BCUT2D eigenvalue weighted by Crippen LogP contribution is -2.38. The van der Waals surface area contributed by atoms with Crippen molar-refractivity contribution in [2.45, 2.75) is 25.4 Å². The van der Waals surface area contributed by atoms with E-state index >= 15 is 0 Å². The Balaban J connectivity index is 1.86. The van der Waals surface area contributed by atoms with E-state index in [1.165, 1.54) is 28.7 Å². The minimum Gasteiger partial charge on any atom is -0.383 e. The Kier molecular flexibility index (Phi) is 6.11. The minimum atomic E-state index is 0.658. The average Bonchev–Trinajstić information content (AvgIpc) is 2.98. The number of hydrogen-bond acceptors (Lipinski definition) is 4. The summed E-state index contributed by atoms with van der Waals surface area (Å²) in [6.45, 7) is 5.13. The topological polar surface area (TPSA) is 24.5 Å². The zero-order valence-corrected chi connectivity index (χ0v) is 13.2. The predicted octanol–water partition coefficient (Wildman–Crippen LogP) is 2.71. The molecule has 3 nitrogen and oxygen atoms in total. The maximum Gasteiger partial charge on any atom is 0.0589 e. The second-order valence-corrected chi connectivity index (χ2v) is 6.66. The van der Waals surface area contributed by atoms with Gasteiger partial charge in [0.1, 0.15) is 0 Å². The molecule has 102 valence electrons. The lowest BCUT2D eigenvalue weighted by Gasteiger charge is -2.24. The molecule has 5 heteroatoms. The first-order valence-electron chi connectivity index (χ1n) is 6.45. The van der Waals surface area contributed by atoms with Crippen LogP contribution in [0.5, 0.6) is 0 Å². The number of hydrogen-bond donors (Lipinski definition) is 1. The molecule has 1 saturated heterocycles. The number of ether oxygens (including phenoxy) is 1.